The van der Waals surface area contributed by atoms with Crippen LogP contribution in [0.1, 0.15) is 30.1 Å². The molecule has 104 valence electrons. The first-order valence-electron chi connectivity index (χ1n) is 7.16. The number of benzene rings is 1. The lowest BCUT2D eigenvalue weighted by atomic mass is 9.91. The number of nitrogens with zero attached hydrogens (tertiary/aromatic N) is 3. The van der Waals surface area contributed by atoms with Gasteiger partial charge in [0.15, 0.2) is 0 Å². The van der Waals surface area contributed by atoms with Crippen LogP contribution < -0.4 is 5.73 Å². The van der Waals surface area contributed by atoms with Crippen molar-refractivity contribution in [1.82, 2.24) is 14.9 Å². The molecule has 4 heteroatoms. The van der Waals surface area contributed by atoms with Gasteiger partial charge in [-0.2, -0.15) is 0 Å². The smallest absolute Gasteiger partial charge is 0.144 e. The van der Waals surface area contributed by atoms with E-state index in [0.29, 0.717) is 11.7 Å². The largest absolute Gasteiger partial charge is 0.384 e. The first-order valence-corrected chi connectivity index (χ1v) is 7.16. The third-order valence-electron chi connectivity index (χ3n) is 3.87. The van der Waals surface area contributed by atoms with Crippen molar-refractivity contribution in [2.24, 2.45) is 0 Å². The molecule has 1 atom stereocenters. The van der Waals surface area contributed by atoms with E-state index in [1.54, 1.807) is 12.3 Å². The van der Waals surface area contributed by atoms with Crippen molar-refractivity contribution in [3.05, 3.63) is 54.0 Å². The van der Waals surface area contributed by atoms with Gasteiger partial charge in [-0.25, -0.2) is 9.97 Å². The van der Waals surface area contributed by atoms with E-state index in [4.69, 9.17) is 5.73 Å². The molecule has 3 rings (SSSR count). The third-order valence-corrected chi connectivity index (χ3v) is 3.87. The second kappa shape index (κ2) is 6.01. The fraction of sp³-hybridized carbons (Fsp3) is 0.375. The van der Waals surface area contributed by atoms with Crippen LogP contribution in [0.5, 0.6) is 0 Å². The number of aromatic nitrogens is 2. The molecule has 0 spiro atoms. The van der Waals surface area contributed by atoms with Crippen LogP contribution in [0.3, 0.4) is 0 Å². The van der Waals surface area contributed by atoms with Gasteiger partial charge in [-0.1, -0.05) is 30.3 Å². The fourth-order valence-corrected chi connectivity index (χ4v) is 2.89. The number of nitrogen functional groups attached to an aromatic ring is 1. The van der Waals surface area contributed by atoms with Crippen molar-refractivity contribution in [2.45, 2.75) is 25.3 Å². The Labute approximate surface area is 119 Å². The zero-order valence-corrected chi connectivity index (χ0v) is 11.6. The molecule has 0 amide bonds. The van der Waals surface area contributed by atoms with E-state index in [2.05, 4.69) is 45.2 Å². The number of hydrogen-bond donors (Lipinski definition) is 1. The number of anilines is 1. The summed E-state index contributed by atoms with van der Waals surface area (Å²) in [6.07, 6.45) is 4.22. The molecule has 1 fully saturated rings. The molecule has 1 aromatic heterocycles. The van der Waals surface area contributed by atoms with E-state index in [0.717, 1.165) is 25.5 Å². The normalized spacial score (nSPS) is 19.9. The zero-order valence-electron chi connectivity index (χ0n) is 11.6. The van der Waals surface area contributed by atoms with Gasteiger partial charge >= 0.3 is 0 Å². The van der Waals surface area contributed by atoms with Crippen LogP contribution in [0, 0.1) is 0 Å². The Hall–Kier alpha value is -1.94. The van der Waals surface area contributed by atoms with Gasteiger partial charge in [0.1, 0.15) is 11.6 Å². The molecule has 20 heavy (non-hydrogen) atoms. The Morgan fingerprint density at radius 3 is 2.85 bits per heavy atom. The average Bonchev–Trinajstić information content (AvgIpc) is 2.48. The van der Waals surface area contributed by atoms with Gasteiger partial charge in [0, 0.05) is 12.7 Å². The molecule has 0 unspecified atom stereocenters. The molecular weight excluding hydrogens is 248 g/mol. The lowest BCUT2D eigenvalue weighted by Gasteiger charge is -2.32. The number of likely N-dealkylation sites (tertiary alicyclic amines) is 1. The molecule has 0 aliphatic carbocycles. The van der Waals surface area contributed by atoms with Crippen LogP contribution in [0.4, 0.5) is 5.82 Å². The first kappa shape index (κ1) is 13.1. The summed E-state index contributed by atoms with van der Waals surface area (Å²) in [5.74, 6) is 1.98. The second-order valence-electron chi connectivity index (χ2n) is 5.38. The van der Waals surface area contributed by atoms with Crippen molar-refractivity contribution < 1.29 is 0 Å². The highest BCUT2D eigenvalue weighted by Crippen LogP contribution is 2.27. The minimum atomic E-state index is 0.548. The molecule has 2 aromatic rings. The van der Waals surface area contributed by atoms with E-state index in [9.17, 15) is 0 Å². The summed E-state index contributed by atoms with van der Waals surface area (Å²) >= 11 is 0. The molecule has 2 heterocycles. The van der Waals surface area contributed by atoms with E-state index in [1.165, 1.54) is 18.4 Å². The summed E-state index contributed by atoms with van der Waals surface area (Å²) in [7, 11) is 0. The number of rotatable bonds is 3. The van der Waals surface area contributed by atoms with Gasteiger partial charge in [-0.3, -0.25) is 4.90 Å². The maximum Gasteiger partial charge on any atom is 0.144 e. The van der Waals surface area contributed by atoms with Crippen molar-refractivity contribution in [1.29, 1.82) is 0 Å². The monoisotopic (exact) mass is 268 g/mol. The Bertz CT molecular complexity index is 555. The predicted molar refractivity (Wildman–Crippen MR) is 80.1 cm³/mol. The number of nitrogens with two attached hydrogens (primary N) is 1. The zero-order chi connectivity index (χ0) is 13.8. The molecule has 0 radical (unpaired) electrons. The van der Waals surface area contributed by atoms with Crippen LogP contribution in [0.2, 0.25) is 0 Å². The van der Waals surface area contributed by atoms with Gasteiger partial charge in [-0.15, -0.1) is 0 Å². The summed E-state index contributed by atoms with van der Waals surface area (Å²) in [6, 6.07) is 12.5. The number of piperidine rings is 1. The summed E-state index contributed by atoms with van der Waals surface area (Å²) < 4.78 is 0. The Kier molecular flexibility index (Phi) is 3.92. The lowest BCUT2D eigenvalue weighted by Crippen LogP contribution is -2.34. The second-order valence-corrected chi connectivity index (χ2v) is 5.38. The summed E-state index contributed by atoms with van der Waals surface area (Å²) in [5, 5.41) is 0. The summed E-state index contributed by atoms with van der Waals surface area (Å²) in [6.45, 7) is 2.97. The standard InChI is InChI=1S/C16H20N4/c17-15-8-9-18-16(19-15)12-20-10-4-7-14(11-20)13-5-2-1-3-6-13/h1-3,5-6,8-9,14H,4,7,10-12H2,(H2,17,18,19)/t14-/m1/s1. The topological polar surface area (TPSA) is 55.0 Å². The molecule has 0 saturated carbocycles. The van der Waals surface area contributed by atoms with E-state index in [-0.39, 0.29) is 0 Å². The van der Waals surface area contributed by atoms with E-state index >= 15 is 0 Å². The Morgan fingerprint density at radius 2 is 2.05 bits per heavy atom. The quantitative estimate of drug-likeness (QED) is 0.929. The highest BCUT2D eigenvalue weighted by molar-refractivity contribution is 5.25. The highest BCUT2D eigenvalue weighted by atomic mass is 15.2. The van der Waals surface area contributed by atoms with Crippen molar-refractivity contribution >= 4 is 5.82 Å². The fourth-order valence-electron chi connectivity index (χ4n) is 2.89. The van der Waals surface area contributed by atoms with E-state index < -0.39 is 0 Å². The summed E-state index contributed by atoms with van der Waals surface area (Å²) in [5.41, 5.74) is 7.15. The van der Waals surface area contributed by atoms with Gasteiger partial charge < -0.3 is 5.73 Å². The minimum Gasteiger partial charge on any atom is -0.384 e. The van der Waals surface area contributed by atoms with Crippen LogP contribution >= 0.6 is 0 Å². The Morgan fingerprint density at radius 1 is 1.20 bits per heavy atom. The average molecular weight is 268 g/mol. The SMILES string of the molecule is Nc1ccnc(CN2CCC[C@@H](c3ccccc3)C2)n1. The van der Waals surface area contributed by atoms with Crippen molar-refractivity contribution in [3.63, 3.8) is 0 Å². The molecule has 2 N–H and O–H groups in total. The van der Waals surface area contributed by atoms with Crippen LogP contribution in [-0.2, 0) is 6.54 Å². The third kappa shape index (κ3) is 3.14. The summed E-state index contributed by atoms with van der Waals surface area (Å²) in [4.78, 5) is 11.0. The maximum atomic E-state index is 5.71. The molecule has 1 aliphatic heterocycles. The molecule has 1 aromatic carbocycles. The van der Waals surface area contributed by atoms with Gasteiger partial charge in [0.2, 0.25) is 0 Å². The molecule has 4 nitrogen and oxygen atoms in total. The lowest BCUT2D eigenvalue weighted by molar-refractivity contribution is 0.196. The maximum absolute atomic E-state index is 5.71. The molecular formula is C16H20N4. The molecule has 0 bridgehead atoms. The molecule has 1 saturated heterocycles. The van der Waals surface area contributed by atoms with Gasteiger partial charge in [0.05, 0.1) is 6.54 Å². The highest BCUT2D eigenvalue weighted by Gasteiger charge is 2.21. The predicted octanol–water partition coefficient (Wildman–Crippen LogP) is 2.44. The number of hydrogen-bond acceptors (Lipinski definition) is 4. The first-order chi connectivity index (χ1) is 9.81. The van der Waals surface area contributed by atoms with Gasteiger partial charge in [0.25, 0.3) is 0 Å². The van der Waals surface area contributed by atoms with E-state index in [1.807, 2.05) is 0 Å². The Balaban J connectivity index is 1.66. The van der Waals surface area contributed by atoms with Crippen molar-refractivity contribution in [2.75, 3.05) is 18.8 Å². The minimum absolute atomic E-state index is 0.548. The van der Waals surface area contributed by atoms with Gasteiger partial charge in [-0.05, 0) is 36.9 Å². The van der Waals surface area contributed by atoms with Crippen LogP contribution in [0.15, 0.2) is 42.6 Å². The van der Waals surface area contributed by atoms with Crippen LogP contribution in [0.25, 0.3) is 0 Å². The van der Waals surface area contributed by atoms with Crippen molar-refractivity contribution in [3.8, 4) is 0 Å². The van der Waals surface area contributed by atoms with Crippen LogP contribution in [-0.4, -0.2) is 28.0 Å². The molecule has 1 aliphatic rings.